The Labute approximate surface area is 112 Å². The monoisotopic (exact) mass is 259 g/mol. The fourth-order valence-electron chi connectivity index (χ4n) is 1.89. The van der Waals surface area contributed by atoms with Crippen LogP contribution in [0.25, 0.3) is 0 Å². The van der Waals surface area contributed by atoms with E-state index in [9.17, 15) is 4.79 Å². The number of thiophene rings is 1. The minimum atomic E-state index is 0.0174. The number of amides is 1. The summed E-state index contributed by atoms with van der Waals surface area (Å²) in [5, 5.41) is 3.08. The van der Waals surface area contributed by atoms with Gasteiger partial charge >= 0.3 is 0 Å². The zero-order valence-corrected chi connectivity index (χ0v) is 11.5. The Kier molecular flexibility index (Phi) is 4.15. The first-order valence-corrected chi connectivity index (χ1v) is 6.94. The molecule has 0 fully saturated rings. The van der Waals surface area contributed by atoms with Crippen LogP contribution in [-0.4, -0.2) is 5.91 Å². The highest BCUT2D eigenvalue weighted by atomic mass is 32.1. The van der Waals surface area contributed by atoms with Crippen LogP contribution in [0.1, 0.15) is 39.5 Å². The standard InChI is InChI=1S/C15H17NOS/c1-3-13(12-7-5-4-6-8-12)16-15(17)14-10-9-11(2)18-14/h4-10,13H,3H2,1-2H3,(H,16,17)/t13-/m0/s1. The van der Waals surface area contributed by atoms with Crippen molar-refractivity contribution in [1.82, 2.24) is 5.32 Å². The highest BCUT2D eigenvalue weighted by Crippen LogP contribution is 2.19. The molecule has 0 aliphatic heterocycles. The summed E-state index contributed by atoms with van der Waals surface area (Å²) < 4.78 is 0. The number of rotatable bonds is 4. The van der Waals surface area contributed by atoms with Crippen molar-refractivity contribution in [1.29, 1.82) is 0 Å². The number of hydrogen-bond donors (Lipinski definition) is 1. The summed E-state index contributed by atoms with van der Waals surface area (Å²) >= 11 is 1.53. The van der Waals surface area contributed by atoms with Gasteiger partial charge in [-0.3, -0.25) is 4.79 Å². The van der Waals surface area contributed by atoms with Crippen LogP contribution in [0, 0.1) is 6.92 Å². The summed E-state index contributed by atoms with van der Waals surface area (Å²) in [4.78, 5) is 14.0. The Morgan fingerprint density at radius 3 is 2.50 bits per heavy atom. The molecular weight excluding hydrogens is 242 g/mol. The van der Waals surface area contributed by atoms with Gasteiger partial charge in [-0.15, -0.1) is 11.3 Å². The smallest absolute Gasteiger partial charge is 0.261 e. The molecule has 0 aliphatic rings. The van der Waals surface area contributed by atoms with Crippen LogP contribution in [0.5, 0.6) is 0 Å². The van der Waals surface area contributed by atoms with Crippen LogP contribution in [-0.2, 0) is 0 Å². The summed E-state index contributed by atoms with van der Waals surface area (Å²) in [6.45, 7) is 4.09. The van der Waals surface area contributed by atoms with E-state index in [1.165, 1.54) is 11.3 Å². The summed E-state index contributed by atoms with van der Waals surface area (Å²) in [7, 11) is 0. The number of aryl methyl sites for hydroxylation is 1. The molecule has 1 aromatic carbocycles. The van der Waals surface area contributed by atoms with Gasteiger partial charge in [-0.25, -0.2) is 0 Å². The van der Waals surface area contributed by atoms with Crippen molar-refractivity contribution in [3.8, 4) is 0 Å². The molecule has 0 radical (unpaired) electrons. The van der Waals surface area contributed by atoms with Crippen molar-refractivity contribution in [2.45, 2.75) is 26.3 Å². The molecule has 1 aromatic heterocycles. The Bertz CT molecular complexity index is 518. The predicted octanol–water partition coefficient (Wildman–Crippen LogP) is 3.94. The average Bonchev–Trinajstić information content (AvgIpc) is 2.83. The van der Waals surface area contributed by atoms with E-state index in [2.05, 4.69) is 12.2 Å². The Morgan fingerprint density at radius 1 is 1.22 bits per heavy atom. The van der Waals surface area contributed by atoms with Gasteiger partial charge in [-0.1, -0.05) is 37.3 Å². The van der Waals surface area contributed by atoms with Gasteiger partial charge in [-0.05, 0) is 31.0 Å². The van der Waals surface area contributed by atoms with Gasteiger partial charge in [0.05, 0.1) is 10.9 Å². The molecule has 1 heterocycles. The van der Waals surface area contributed by atoms with Crippen LogP contribution in [0.15, 0.2) is 42.5 Å². The molecule has 2 nitrogen and oxygen atoms in total. The first-order chi connectivity index (χ1) is 8.70. The molecule has 94 valence electrons. The first-order valence-electron chi connectivity index (χ1n) is 6.13. The minimum absolute atomic E-state index is 0.0174. The second-order valence-electron chi connectivity index (χ2n) is 4.26. The number of hydrogen-bond acceptors (Lipinski definition) is 2. The average molecular weight is 259 g/mol. The molecule has 0 saturated heterocycles. The van der Waals surface area contributed by atoms with Crippen molar-refractivity contribution >= 4 is 17.2 Å². The van der Waals surface area contributed by atoms with Crippen LogP contribution in [0.2, 0.25) is 0 Å². The Morgan fingerprint density at radius 2 is 1.94 bits per heavy atom. The normalized spacial score (nSPS) is 12.1. The molecule has 0 bridgehead atoms. The van der Waals surface area contributed by atoms with Gasteiger partial charge in [-0.2, -0.15) is 0 Å². The lowest BCUT2D eigenvalue weighted by Gasteiger charge is -2.16. The molecule has 1 atom stereocenters. The Hall–Kier alpha value is -1.61. The quantitative estimate of drug-likeness (QED) is 0.885. The van der Waals surface area contributed by atoms with Crippen LogP contribution < -0.4 is 5.32 Å². The lowest BCUT2D eigenvalue weighted by Crippen LogP contribution is -2.27. The summed E-state index contributed by atoms with van der Waals surface area (Å²) in [6, 6.07) is 14.0. The van der Waals surface area contributed by atoms with Crippen molar-refractivity contribution in [3.05, 3.63) is 57.8 Å². The van der Waals surface area contributed by atoms with Crippen LogP contribution >= 0.6 is 11.3 Å². The fourth-order valence-corrected chi connectivity index (χ4v) is 2.66. The molecule has 1 N–H and O–H groups in total. The van der Waals surface area contributed by atoms with Crippen molar-refractivity contribution < 1.29 is 4.79 Å². The van der Waals surface area contributed by atoms with Crippen LogP contribution in [0.4, 0.5) is 0 Å². The highest BCUT2D eigenvalue weighted by Gasteiger charge is 2.14. The van der Waals surface area contributed by atoms with E-state index < -0.39 is 0 Å². The van der Waals surface area contributed by atoms with E-state index in [-0.39, 0.29) is 11.9 Å². The third-order valence-corrected chi connectivity index (χ3v) is 3.88. The van der Waals surface area contributed by atoms with E-state index in [1.54, 1.807) is 0 Å². The Balaban J connectivity index is 2.10. The molecule has 18 heavy (non-hydrogen) atoms. The molecular formula is C15H17NOS. The largest absolute Gasteiger partial charge is 0.345 e. The molecule has 0 aliphatic carbocycles. The fraction of sp³-hybridized carbons (Fsp3) is 0.267. The molecule has 3 heteroatoms. The molecule has 0 unspecified atom stereocenters. The zero-order chi connectivity index (χ0) is 13.0. The van der Waals surface area contributed by atoms with Gasteiger partial charge in [0.2, 0.25) is 0 Å². The van der Waals surface area contributed by atoms with Crippen molar-refractivity contribution in [2.75, 3.05) is 0 Å². The summed E-state index contributed by atoms with van der Waals surface area (Å²) in [5.74, 6) is 0.0174. The summed E-state index contributed by atoms with van der Waals surface area (Å²) in [5.41, 5.74) is 1.15. The van der Waals surface area contributed by atoms with E-state index in [0.717, 1.165) is 21.7 Å². The maximum Gasteiger partial charge on any atom is 0.261 e. The van der Waals surface area contributed by atoms with Crippen molar-refractivity contribution in [3.63, 3.8) is 0 Å². The second-order valence-corrected chi connectivity index (χ2v) is 5.54. The number of carbonyl (C=O) groups is 1. The lowest BCUT2D eigenvalue weighted by atomic mass is 10.0. The maximum atomic E-state index is 12.1. The molecule has 0 spiro atoms. The molecule has 1 amide bonds. The predicted molar refractivity (Wildman–Crippen MR) is 76.0 cm³/mol. The molecule has 0 saturated carbocycles. The number of nitrogens with one attached hydrogen (secondary N) is 1. The van der Waals surface area contributed by atoms with Crippen LogP contribution in [0.3, 0.4) is 0 Å². The first kappa shape index (κ1) is 12.8. The number of benzene rings is 1. The second kappa shape index (κ2) is 5.83. The third-order valence-electron chi connectivity index (χ3n) is 2.88. The molecule has 2 aromatic rings. The minimum Gasteiger partial charge on any atom is -0.345 e. The maximum absolute atomic E-state index is 12.1. The van der Waals surface area contributed by atoms with E-state index in [4.69, 9.17) is 0 Å². The lowest BCUT2D eigenvalue weighted by molar-refractivity contribution is 0.0939. The SMILES string of the molecule is CC[C@H](NC(=O)c1ccc(C)s1)c1ccccc1. The molecule has 2 rings (SSSR count). The third kappa shape index (κ3) is 2.99. The van der Waals surface area contributed by atoms with Gasteiger partial charge in [0.25, 0.3) is 5.91 Å². The van der Waals surface area contributed by atoms with Gasteiger partial charge in [0.1, 0.15) is 0 Å². The van der Waals surface area contributed by atoms with Gasteiger partial charge in [0.15, 0.2) is 0 Å². The van der Waals surface area contributed by atoms with E-state index in [1.807, 2.05) is 49.4 Å². The van der Waals surface area contributed by atoms with Crippen molar-refractivity contribution in [2.24, 2.45) is 0 Å². The highest BCUT2D eigenvalue weighted by molar-refractivity contribution is 7.13. The van der Waals surface area contributed by atoms with Gasteiger partial charge in [0, 0.05) is 4.88 Å². The van der Waals surface area contributed by atoms with Gasteiger partial charge < -0.3 is 5.32 Å². The van der Waals surface area contributed by atoms with E-state index >= 15 is 0 Å². The summed E-state index contributed by atoms with van der Waals surface area (Å²) in [6.07, 6.45) is 0.889. The zero-order valence-electron chi connectivity index (χ0n) is 10.6. The topological polar surface area (TPSA) is 29.1 Å². The van der Waals surface area contributed by atoms with E-state index in [0.29, 0.717) is 0 Å². The number of carbonyl (C=O) groups excluding carboxylic acids is 1.